The Kier molecular flexibility index (Phi) is 6.11. The second-order valence-corrected chi connectivity index (χ2v) is 9.13. The van der Waals surface area contributed by atoms with E-state index < -0.39 is 16.4 Å². The molecule has 2 unspecified atom stereocenters. The SMILES string of the molecule is COCOC(=O)C1(NC(C)=O)N2C(=O)C[C@H]2SC1(C)CI.c1ccc2c(c1)O2. The van der Waals surface area contributed by atoms with Crippen molar-refractivity contribution in [2.24, 2.45) is 0 Å². The van der Waals surface area contributed by atoms with Crippen molar-refractivity contribution in [2.75, 3.05) is 18.3 Å². The molecular weight excluding hydrogens is 499 g/mol. The van der Waals surface area contributed by atoms with E-state index in [4.69, 9.17) is 14.2 Å². The second kappa shape index (κ2) is 8.07. The summed E-state index contributed by atoms with van der Waals surface area (Å²) in [7, 11) is 1.40. The van der Waals surface area contributed by atoms with Gasteiger partial charge in [0.25, 0.3) is 0 Å². The summed E-state index contributed by atoms with van der Waals surface area (Å²) in [4.78, 5) is 37.8. The van der Waals surface area contributed by atoms with Crippen LogP contribution in [-0.4, -0.2) is 56.8 Å². The quantitative estimate of drug-likeness (QED) is 0.161. The molecule has 3 aliphatic rings. The maximum absolute atomic E-state index is 12.6. The number of carbonyl (C=O) groups is 3. The molecule has 3 atom stereocenters. The van der Waals surface area contributed by atoms with Gasteiger partial charge in [-0.3, -0.25) is 14.5 Å². The van der Waals surface area contributed by atoms with Crippen LogP contribution in [0.15, 0.2) is 24.3 Å². The van der Waals surface area contributed by atoms with Gasteiger partial charge < -0.3 is 19.5 Å². The number of benzene rings is 1. The van der Waals surface area contributed by atoms with E-state index in [1.807, 2.05) is 31.2 Å². The van der Waals surface area contributed by atoms with Gasteiger partial charge >= 0.3 is 5.97 Å². The van der Waals surface area contributed by atoms with Gasteiger partial charge in [0.1, 0.15) is 0 Å². The van der Waals surface area contributed by atoms with E-state index in [9.17, 15) is 14.4 Å². The molecule has 4 rings (SSSR count). The summed E-state index contributed by atoms with van der Waals surface area (Å²) in [6.45, 7) is 2.95. The number of fused-ring (bicyclic) bond motifs is 2. The Morgan fingerprint density at radius 3 is 2.50 bits per heavy atom. The van der Waals surface area contributed by atoms with Crippen LogP contribution in [0.1, 0.15) is 20.3 Å². The highest BCUT2D eigenvalue weighted by Crippen LogP contribution is 2.56. The second-order valence-electron chi connectivity index (χ2n) is 6.68. The van der Waals surface area contributed by atoms with Crippen LogP contribution in [0.4, 0.5) is 0 Å². The summed E-state index contributed by atoms with van der Waals surface area (Å²) in [6.07, 6.45) is 0.371. The summed E-state index contributed by atoms with van der Waals surface area (Å²) < 4.78 is 14.7. The number of rotatable bonds is 5. The molecule has 1 aromatic carbocycles. The van der Waals surface area contributed by atoms with Crippen LogP contribution < -0.4 is 10.1 Å². The van der Waals surface area contributed by atoms with Crippen molar-refractivity contribution in [1.29, 1.82) is 0 Å². The summed E-state index contributed by atoms with van der Waals surface area (Å²) in [6, 6.07) is 7.84. The first kappa shape index (κ1) is 21.2. The standard InChI is InChI=1S/C12H17IN2O5S.C6H4O/c1-7(16)14-12(10(18)20-6-19-3)11(2,5-13)21-9-4-8(17)15(9)12;1-2-4-6-5(3-1)7-6/h9H,4-6H2,1-3H3,(H,14,16);1-4H/t9-,11?,12?;/m1./s1. The fraction of sp³-hybridized carbons (Fsp3) is 0.500. The molecule has 0 spiro atoms. The number of thioether (sulfide) groups is 1. The van der Waals surface area contributed by atoms with E-state index in [-0.39, 0.29) is 24.0 Å². The van der Waals surface area contributed by atoms with Gasteiger partial charge in [-0.2, -0.15) is 0 Å². The molecule has 2 amide bonds. The number of hydrogen-bond donors (Lipinski definition) is 1. The van der Waals surface area contributed by atoms with Crippen molar-refractivity contribution in [1.82, 2.24) is 10.2 Å². The molecule has 10 heteroatoms. The third kappa shape index (κ3) is 3.57. The lowest BCUT2D eigenvalue weighted by atomic mass is 9.89. The summed E-state index contributed by atoms with van der Waals surface area (Å²) in [5, 5.41) is 2.57. The van der Waals surface area contributed by atoms with Crippen molar-refractivity contribution in [3.63, 3.8) is 0 Å². The number of halogens is 1. The molecule has 0 bridgehead atoms. The van der Waals surface area contributed by atoms with Crippen LogP contribution in [-0.2, 0) is 23.9 Å². The number of nitrogens with one attached hydrogen (secondary N) is 1. The van der Waals surface area contributed by atoms with Crippen LogP contribution >= 0.6 is 34.4 Å². The van der Waals surface area contributed by atoms with Crippen molar-refractivity contribution in [3.8, 4) is 11.5 Å². The Labute approximate surface area is 180 Å². The van der Waals surface area contributed by atoms with Crippen LogP contribution in [0, 0.1) is 0 Å². The fourth-order valence-corrected chi connectivity index (χ4v) is 6.06. The zero-order valence-electron chi connectivity index (χ0n) is 15.7. The highest BCUT2D eigenvalue weighted by molar-refractivity contribution is 14.1. The van der Waals surface area contributed by atoms with Gasteiger partial charge in [-0.25, -0.2) is 4.79 Å². The summed E-state index contributed by atoms with van der Waals surface area (Å²) in [5.74, 6) is 0.845. The van der Waals surface area contributed by atoms with E-state index in [1.165, 1.54) is 30.7 Å². The van der Waals surface area contributed by atoms with Gasteiger partial charge in [-0.05, 0) is 19.1 Å². The molecule has 2 saturated heterocycles. The monoisotopic (exact) mass is 520 g/mol. The minimum atomic E-state index is -1.48. The molecule has 0 radical (unpaired) electrons. The molecule has 28 heavy (non-hydrogen) atoms. The number of methoxy groups -OCH3 is 1. The minimum Gasteiger partial charge on any atom is -0.450 e. The van der Waals surface area contributed by atoms with Gasteiger partial charge in [0.2, 0.25) is 17.5 Å². The average molecular weight is 520 g/mol. The maximum atomic E-state index is 12.6. The Balaban J connectivity index is 0.000000264. The minimum absolute atomic E-state index is 0.112. The fourth-order valence-electron chi connectivity index (χ4n) is 3.29. The first-order valence-corrected chi connectivity index (χ1v) is 11.0. The van der Waals surface area contributed by atoms with Gasteiger partial charge in [0.15, 0.2) is 18.3 Å². The first-order chi connectivity index (χ1) is 13.3. The average Bonchev–Trinajstić information content (AvgIpc) is 3.40. The van der Waals surface area contributed by atoms with Crippen molar-refractivity contribution < 1.29 is 28.6 Å². The molecular formula is C18H21IN2O6S. The summed E-state index contributed by atoms with van der Waals surface area (Å²) in [5.41, 5.74) is -1.48. The number of alkyl halides is 1. The molecule has 3 aliphatic heterocycles. The Bertz CT molecular complexity index is 787. The number of esters is 1. The largest absolute Gasteiger partial charge is 0.450 e. The van der Waals surface area contributed by atoms with Gasteiger partial charge in [0.05, 0.1) is 16.5 Å². The normalized spacial score (nSPS) is 28.6. The van der Waals surface area contributed by atoms with Crippen LogP contribution in [0.3, 0.4) is 0 Å². The highest BCUT2D eigenvalue weighted by atomic mass is 127. The molecule has 0 aromatic heterocycles. The van der Waals surface area contributed by atoms with E-state index in [2.05, 4.69) is 27.9 Å². The van der Waals surface area contributed by atoms with Crippen molar-refractivity contribution >= 4 is 52.1 Å². The van der Waals surface area contributed by atoms with Crippen molar-refractivity contribution in [2.45, 2.75) is 36.1 Å². The zero-order chi connectivity index (χ0) is 20.5. The van der Waals surface area contributed by atoms with E-state index in [0.29, 0.717) is 10.8 Å². The van der Waals surface area contributed by atoms with Gasteiger partial charge in [-0.1, -0.05) is 34.7 Å². The van der Waals surface area contributed by atoms with E-state index in [1.54, 1.807) is 0 Å². The molecule has 1 N–H and O–H groups in total. The zero-order valence-corrected chi connectivity index (χ0v) is 18.7. The number of β-lactam (4-membered cyclic amide) rings is 1. The number of carbonyl (C=O) groups excluding carboxylic acids is 3. The number of para-hydroxylation sites is 2. The number of hydrogen-bond acceptors (Lipinski definition) is 7. The molecule has 2 fully saturated rings. The Hall–Kier alpha value is -1.53. The van der Waals surface area contributed by atoms with Gasteiger partial charge in [0, 0.05) is 18.5 Å². The Morgan fingerprint density at radius 1 is 1.39 bits per heavy atom. The highest BCUT2D eigenvalue weighted by Gasteiger charge is 2.72. The predicted molar refractivity (Wildman–Crippen MR) is 111 cm³/mol. The van der Waals surface area contributed by atoms with Crippen LogP contribution in [0.25, 0.3) is 0 Å². The lowest BCUT2D eigenvalue weighted by Crippen LogP contribution is -2.76. The Morgan fingerprint density at radius 2 is 2.04 bits per heavy atom. The smallest absolute Gasteiger partial charge is 0.356 e. The molecule has 8 nitrogen and oxygen atoms in total. The van der Waals surface area contributed by atoms with Crippen LogP contribution in [0.5, 0.6) is 11.5 Å². The van der Waals surface area contributed by atoms with Crippen LogP contribution in [0.2, 0.25) is 0 Å². The molecule has 0 aliphatic carbocycles. The van der Waals surface area contributed by atoms with E-state index >= 15 is 0 Å². The lowest BCUT2D eigenvalue weighted by molar-refractivity contribution is -0.184. The molecule has 3 heterocycles. The van der Waals surface area contributed by atoms with E-state index in [0.717, 1.165) is 11.5 Å². The third-order valence-electron chi connectivity index (χ3n) is 4.67. The number of amides is 2. The lowest BCUT2D eigenvalue weighted by Gasteiger charge is -2.47. The number of nitrogens with zero attached hydrogens (tertiary/aromatic N) is 1. The van der Waals surface area contributed by atoms with Crippen molar-refractivity contribution in [3.05, 3.63) is 24.3 Å². The molecule has 0 saturated carbocycles. The first-order valence-electron chi connectivity index (χ1n) is 8.57. The third-order valence-corrected chi connectivity index (χ3v) is 8.32. The topological polar surface area (TPSA) is 97.5 Å². The summed E-state index contributed by atoms with van der Waals surface area (Å²) >= 11 is 3.67. The predicted octanol–water partition coefficient (Wildman–Crippen LogP) is 2.26. The van der Waals surface area contributed by atoms with Gasteiger partial charge in [-0.15, -0.1) is 11.8 Å². The maximum Gasteiger partial charge on any atom is 0.356 e. The number of ether oxygens (including phenoxy) is 3. The molecule has 152 valence electrons. The molecule has 1 aromatic rings.